The van der Waals surface area contributed by atoms with Crippen molar-refractivity contribution in [2.75, 3.05) is 61.7 Å². The monoisotopic (exact) mass is 703 g/mol. The van der Waals surface area contributed by atoms with Gasteiger partial charge in [0.25, 0.3) is 5.91 Å². The number of methoxy groups -OCH3 is 1. The number of aromatic nitrogens is 2. The summed E-state index contributed by atoms with van der Waals surface area (Å²) in [6.07, 6.45) is 1.35. The number of anilines is 4. The maximum Gasteiger partial charge on any atom is 0.421 e. The van der Waals surface area contributed by atoms with Gasteiger partial charge in [-0.05, 0) is 74.4 Å². The molecule has 266 valence electrons. The second-order valence-electron chi connectivity index (χ2n) is 12.5. The quantitative estimate of drug-likeness (QED) is 0.235. The predicted octanol–water partition coefficient (Wildman–Crippen LogP) is 5.58. The normalized spacial score (nSPS) is 19.2. The summed E-state index contributed by atoms with van der Waals surface area (Å²) in [4.78, 5) is 24.0. The van der Waals surface area contributed by atoms with Crippen LogP contribution in [0.15, 0.2) is 36.5 Å². The lowest BCUT2D eigenvalue weighted by molar-refractivity contribution is -0.137. The minimum absolute atomic E-state index is 0.0161. The van der Waals surface area contributed by atoms with E-state index in [4.69, 9.17) is 9.47 Å². The molecular formula is C34H44F3N7O4S. The van der Waals surface area contributed by atoms with Crippen LogP contribution in [-0.2, 0) is 28.4 Å². The zero-order valence-corrected chi connectivity index (χ0v) is 29.3. The third-order valence-corrected chi connectivity index (χ3v) is 10.1. The number of hydrogen-bond acceptors (Lipinski definition) is 9. The molecule has 11 nitrogen and oxygen atoms in total. The van der Waals surface area contributed by atoms with Gasteiger partial charge in [0.15, 0.2) is 0 Å². The van der Waals surface area contributed by atoms with Crippen molar-refractivity contribution in [3.63, 3.8) is 0 Å². The SMILES string of the molecule is COc1cc(C(=O)NC2CCC(N3CCOCC3)CC2)c(C)cc1Nc1ncc(C(F)(F)F)c(NCc2ccc(C)cc2N(C)S(C)=O)n1. The fourth-order valence-electron chi connectivity index (χ4n) is 6.33. The Morgan fingerprint density at radius 3 is 2.49 bits per heavy atom. The number of amides is 1. The number of rotatable bonds is 11. The van der Waals surface area contributed by atoms with E-state index in [0.29, 0.717) is 39.9 Å². The Morgan fingerprint density at radius 1 is 1.12 bits per heavy atom. The minimum Gasteiger partial charge on any atom is -0.495 e. The van der Waals surface area contributed by atoms with Crippen LogP contribution in [0.5, 0.6) is 5.75 Å². The van der Waals surface area contributed by atoms with Crippen LogP contribution in [0.2, 0.25) is 0 Å². The molecule has 1 unspecified atom stereocenters. The van der Waals surface area contributed by atoms with Gasteiger partial charge in [0.05, 0.1) is 31.7 Å². The highest BCUT2D eigenvalue weighted by atomic mass is 32.2. The number of hydrogen-bond donors (Lipinski definition) is 3. The number of morpholine rings is 1. The predicted molar refractivity (Wildman–Crippen MR) is 185 cm³/mol. The van der Waals surface area contributed by atoms with Crippen LogP contribution in [0.25, 0.3) is 0 Å². The van der Waals surface area contributed by atoms with Crippen molar-refractivity contribution >= 4 is 40.0 Å². The van der Waals surface area contributed by atoms with E-state index in [9.17, 15) is 22.2 Å². The molecular weight excluding hydrogens is 659 g/mol. The molecule has 15 heteroatoms. The molecule has 2 aromatic carbocycles. The van der Waals surface area contributed by atoms with Crippen LogP contribution in [0.4, 0.5) is 36.3 Å². The second kappa shape index (κ2) is 15.7. The van der Waals surface area contributed by atoms with E-state index in [1.807, 2.05) is 19.1 Å². The lowest BCUT2D eigenvalue weighted by Crippen LogP contribution is -2.47. The molecule has 2 heterocycles. The van der Waals surface area contributed by atoms with Crippen LogP contribution in [-0.4, -0.2) is 83.8 Å². The molecule has 2 fully saturated rings. The fraction of sp³-hybridized carbons (Fsp3) is 0.500. The van der Waals surface area contributed by atoms with Crippen LogP contribution < -0.4 is 25.0 Å². The lowest BCUT2D eigenvalue weighted by Gasteiger charge is -2.38. The van der Waals surface area contributed by atoms with Crippen LogP contribution in [0.1, 0.15) is 58.3 Å². The highest BCUT2D eigenvalue weighted by Gasteiger charge is 2.35. The maximum absolute atomic E-state index is 14.0. The van der Waals surface area contributed by atoms with Crippen molar-refractivity contribution in [2.45, 2.75) is 64.3 Å². The Bertz CT molecular complexity index is 1660. The molecule has 1 aliphatic carbocycles. The Balaban J connectivity index is 1.30. The molecule has 1 atom stereocenters. The van der Waals surface area contributed by atoms with Gasteiger partial charge < -0.3 is 25.4 Å². The first kappa shape index (κ1) is 36.3. The van der Waals surface area contributed by atoms with Gasteiger partial charge in [-0.3, -0.25) is 14.0 Å². The van der Waals surface area contributed by atoms with Gasteiger partial charge in [0, 0.05) is 56.8 Å². The summed E-state index contributed by atoms with van der Waals surface area (Å²) in [5, 5.41) is 8.96. The number of aryl methyl sites for hydroxylation is 2. The van der Waals surface area contributed by atoms with Crippen LogP contribution in [0, 0.1) is 13.8 Å². The summed E-state index contributed by atoms with van der Waals surface area (Å²) >= 11 is 0. The zero-order chi connectivity index (χ0) is 35.3. The van der Waals surface area contributed by atoms with E-state index in [1.165, 1.54) is 13.4 Å². The van der Waals surface area contributed by atoms with Crippen LogP contribution in [0.3, 0.4) is 0 Å². The van der Waals surface area contributed by atoms with Gasteiger partial charge in [-0.2, -0.15) is 18.2 Å². The average molecular weight is 704 g/mol. The third kappa shape index (κ3) is 9.00. The first-order chi connectivity index (χ1) is 23.3. The summed E-state index contributed by atoms with van der Waals surface area (Å²) in [5.74, 6) is -0.419. The van der Waals surface area contributed by atoms with E-state index in [1.54, 1.807) is 36.5 Å². The maximum atomic E-state index is 14.0. The molecule has 5 rings (SSSR count). The number of nitrogens with one attached hydrogen (secondary N) is 3. The van der Waals surface area contributed by atoms with E-state index in [-0.39, 0.29) is 24.4 Å². The Labute approximate surface area is 287 Å². The van der Waals surface area contributed by atoms with Gasteiger partial charge in [0.2, 0.25) is 5.95 Å². The van der Waals surface area contributed by atoms with Gasteiger partial charge >= 0.3 is 6.18 Å². The number of alkyl halides is 3. The topological polar surface area (TPSA) is 121 Å². The highest BCUT2D eigenvalue weighted by Crippen LogP contribution is 2.36. The van der Waals surface area contributed by atoms with Crippen molar-refractivity contribution < 1.29 is 31.6 Å². The molecule has 3 N–H and O–H groups in total. The average Bonchev–Trinajstić information content (AvgIpc) is 3.07. The molecule has 2 aliphatic rings. The second-order valence-corrected chi connectivity index (χ2v) is 13.9. The standard InChI is InChI=1S/C34H44F3N7O4S/c1-21-6-7-23(29(16-21)43(3)49(5)46)19-38-31-27(34(35,36)37)20-39-33(42-31)41-28-17-22(2)26(18-30(28)47-4)32(45)40-24-8-10-25(11-9-24)44-12-14-48-15-13-44/h6-7,16-18,20,24-25H,8-15,19H2,1-5H3,(H,40,45)(H2,38,39,41,42). The minimum atomic E-state index is -4.72. The summed E-state index contributed by atoms with van der Waals surface area (Å²) in [6.45, 7) is 7.08. The third-order valence-electron chi connectivity index (χ3n) is 9.14. The summed E-state index contributed by atoms with van der Waals surface area (Å²) in [5.41, 5.74) is 2.63. The molecule has 1 amide bonds. The first-order valence-corrected chi connectivity index (χ1v) is 17.8. The molecule has 0 radical (unpaired) electrons. The van der Waals surface area contributed by atoms with Gasteiger partial charge in [0.1, 0.15) is 28.1 Å². The number of carbonyl (C=O) groups is 1. The molecule has 3 aromatic rings. The highest BCUT2D eigenvalue weighted by molar-refractivity contribution is 7.85. The van der Waals surface area contributed by atoms with Crippen molar-refractivity contribution in [2.24, 2.45) is 0 Å². The van der Waals surface area contributed by atoms with E-state index < -0.39 is 28.5 Å². The number of carbonyl (C=O) groups excluding carboxylic acids is 1. The van der Waals surface area contributed by atoms with Gasteiger partial charge in [-0.15, -0.1) is 0 Å². The van der Waals surface area contributed by atoms with Gasteiger partial charge in [-0.1, -0.05) is 12.1 Å². The zero-order valence-electron chi connectivity index (χ0n) is 28.4. The fourth-order valence-corrected chi connectivity index (χ4v) is 6.78. The molecule has 0 bridgehead atoms. The number of nitrogens with zero attached hydrogens (tertiary/aromatic N) is 4. The molecule has 1 saturated heterocycles. The first-order valence-electron chi connectivity index (χ1n) is 16.3. The van der Waals surface area contributed by atoms with E-state index in [2.05, 4.69) is 30.8 Å². The summed E-state index contributed by atoms with van der Waals surface area (Å²) < 4.78 is 66.8. The number of ether oxygens (including phenoxy) is 2. The molecule has 1 saturated carbocycles. The summed E-state index contributed by atoms with van der Waals surface area (Å²) in [7, 11) is 1.77. The van der Waals surface area contributed by atoms with Crippen molar-refractivity contribution in [3.05, 3.63) is 64.3 Å². The van der Waals surface area contributed by atoms with Crippen molar-refractivity contribution in [3.8, 4) is 5.75 Å². The van der Waals surface area contributed by atoms with Crippen LogP contribution >= 0.6 is 0 Å². The Hall–Kier alpha value is -3.95. The number of halogens is 3. The van der Waals surface area contributed by atoms with Crippen molar-refractivity contribution in [1.82, 2.24) is 20.2 Å². The molecule has 1 aliphatic heterocycles. The smallest absolute Gasteiger partial charge is 0.421 e. The van der Waals surface area contributed by atoms with Crippen molar-refractivity contribution in [1.29, 1.82) is 0 Å². The van der Waals surface area contributed by atoms with Gasteiger partial charge in [-0.25, -0.2) is 9.19 Å². The Kier molecular flexibility index (Phi) is 11.7. The molecule has 0 spiro atoms. The van der Waals surface area contributed by atoms with E-state index >= 15 is 0 Å². The lowest BCUT2D eigenvalue weighted by atomic mass is 9.89. The largest absolute Gasteiger partial charge is 0.495 e. The summed E-state index contributed by atoms with van der Waals surface area (Å²) in [6, 6.07) is 9.32. The molecule has 49 heavy (non-hydrogen) atoms. The molecule has 1 aromatic heterocycles. The number of benzene rings is 2. The van der Waals surface area contributed by atoms with E-state index in [0.717, 1.165) is 63.7 Å². The Morgan fingerprint density at radius 2 is 1.84 bits per heavy atom.